The number of amides is 2. The lowest BCUT2D eigenvalue weighted by atomic mass is 10.0. The maximum atomic E-state index is 13.2. The van der Waals surface area contributed by atoms with Gasteiger partial charge < -0.3 is 14.8 Å². The Morgan fingerprint density at radius 3 is 2.44 bits per heavy atom. The molecule has 0 aliphatic carbocycles. The molecule has 0 saturated carbocycles. The molecule has 39 heavy (non-hydrogen) atoms. The highest BCUT2D eigenvalue weighted by Crippen LogP contribution is 2.29. The molecule has 0 aromatic heterocycles. The molecule has 0 aliphatic rings. The third-order valence-corrected chi connectivity index (χ3v) is 6.18. The fourth-order valence-electron chi connectivity index (χ4n) is 4.06. The predicted octanol–water partition coefficient (Wildman–Crippen LogP) is 5.47. The summed E-state index contributed by atoms with van der Waals surface area (Å²) >= 11 is 0. The van der Waals surface area contributed by atoms with Crippen LogP contribution in [0.3, 0.4) is 0 Å². The van der Waals surface area contributed by atoms with Gasteiger partial charge in [-0.1, -0.05) is 56.3 Å². The molecule has 4 rings (SSSR count). The fourth-order valence-corrected chi connectivity index (χ4v) is 4.06. The van der Waals surface area contributed by atoms with Gasteiger partial charge in [0.2, 0.25) is 0 Å². The van der Waals surface area contributed by atoms with E-state index in [1.165, 1.54) is 30.5 Å². The van der Waals surface area contributed by atoms with Crippen molar-refractivity contribution < 1.29 is 23.5 Å². The van der Waals surface area contributed by atoms with Crippen LogP contribution in [0.15, 0.2) is 90.0 Å². The van der Waals surface area contributed by atoms with Crippen molar-refractivity contribution in [1.29, 1.82) is 0 Å². The number of benzene rings is 4. The molecule has 2 N–H and O–H groups in total. The molecule has 4 aromatic rings. The predicted molar refractivity (Wildman–Crippen MR) is 150 cm³/mol. The standard InChI is InChI=1S/C31H30FN3O4/c1-20(2)29(34-30(36)23-12-14-25(32)15-13-23)31(37)35-33-18-21-11-16-27(28(17-21)38-3)39-19-24-9-6-8-22-7-4-5-10-26(22)24/h4-18,20,29H,19H2,1-3H3,(H,34,36)(H,35,37)/b33-18+. The summed E-state index contributed by atoms with van der Waals surface area (Å²) in [6.07, 6.45) is 1.48. The van der Waals surface area contributed by atoms with E-state index in [0.717, 1.165) is 16.3 Å². The molecule has 0 bridgehead atoms. The minimum Gasteiger partial charge on any atom is -0.493 e. The zero-order valence-electron chi connectivity index (χ0n) is 22.0. The summed E-state index contributed by atoms with van der Waals surface area (Å²) in [5.74, 6) is -0.495. The molecule has 0 radical (unpaired) electrons. The van der Waals surface area contributed by atoms with Crippen LogP contribution >= 0.6 is 0 Å². The van der Waals surface area contributed by atoms with Gasteiger partial charge in [0.15, 0.2) is 11.5 Å². The Kier molecular flexibility index (Phi) is 8.89. The van der Waals surface area contributed by atoms with Gasteiger partial charge in [0.25, 0.3) is 11.8 Å². The van der Waals surface area contributed by atoms with Gasteiger partial charge in [-0.2, -0.15) is 5.10 Å². The Bertz CT molecular complexity index is 1480. The van der Waals surface area contributed by atoms with Gasteiger partial charge >= 0.3 is 0 Å². The van der Waals surface area contributed by atoms with Gasteiger partial charge in [0.05, 0.1) is 13.3 Å². The number of methoxy groups -OCH3 is 1. The number of carbonyl (C=O) groups is 2. The number of hydrogen-bond donors (Lipinski definition) is 2. The second-order valence-corrected chi connectivity index (χ2v) is 9.27. The smallest absolute Gasteiger partial charge is 0.262 e. The van der Waals surface area contributed by atoms with E-state index in [4.69, 9.17) is 9.47 Å². The monoisotopic (exact) mass is 527 g/mol. The van der Waals surface area contributed by atoms with Gasteiger partial charge in [-0.15, -0.1) is 0 Å². The molecular formula is C31H30FN3O4. The highest BCUT2D eigenvalue weighted by molar-refractivity contribution is 5.97. The lowest BCUT2D eigenvalue weighted by Crippen LogP contribution is -2.48. The molecule has 4 aromatic carbocycles. The number of nitrogens with one attached hydrogen (secondary N) is 2. The zero-order chi connectivity index (χ0) is 27.8. The second kappa shape index (κ2) is 12.7. The van der Waals surface area contributed by atoms with Gasteiger partial charge in [-0.3, -0.25) is 9.59 Å². The normalized spacial score (nSPS) is 11.9. The summed E-state index contributed by atoms with van der Waals surface area (Å²) in [4.78, 5) is 25.2. The van der Waals surface area contributed by atoms with Gasteiger partial charge in [0.1, 0.15) is 18.5 Å². The first-order valence-corrected chi connectivity index (χ1v) is 12.5. The number of hydrazone groups is 1. The second-order valence-electron chi connectivity index (χ2n) is 9.27. The van der Waals surface area contributed by atoms with Crippen LogP contribution in [0.2, 0.25) is 0 Å². The lowest BCUT2D eigenvalue weighted by molar-refractivity contribution is -0.123. The quantitative estimate of drug-likeness (QED) is 0.211. The minimum atomic E-state index is -0.834. The van der Waals surface area contributed by atoms with E-state index in [1.54, 1.807) is 39.2 Å². The van der Waals surface area contributed by atoms with Crippen LogP contribution in [-0.4, -0.2) is 31.2 Å². The van der Waals surface area contributed by atoms with E-state index in [0.29, 0.717) is 23.7 Å². The van der Waals surface area contributed by atoms with Crippen molar-refractivity contribution >= 4 is 28.8 Å². The molecule has 0 saturated heterocycles. The van der Waals surface area contributed by atoms with Crippen molar-refractivity contribution in [2.45, 2.75) is 26.5 Å². The first-order valence-electron chi connectivity index (χ1n) is 12.5. The first kappa shape index (κ1) is 27.3. The number of nitrogens with zero attached hydrogens (tertiary/aromatic N) is 1. The van der Waals surface area contributed by atoms with Crippen molar-refractivity contribution in [3.8, 4) is 11.5 Å². The van der Waals surface area contributed by atoms with E-state index in [2.05, 4.69) is 34.0 Å². The molecule has 0 aliphatic heterocycles. The summed E-state index contributed by atoms with van der Waals surface area (Å²) in [7, 11) is 1.56. The molecule has 8 heteroatoms. The largest absolute Gasteiger partial charge is 0.493 e. The summed E-state index contributed by atoms with van der Waals surface area (Å²) in [5.41, 5.74) is 4.48. The van der Waals surface area contributed by atoms with Gasteiger partial charge in [-0.25, -0.2) is 9.82 Å². The van der Waals surface area contributed by atoms with Crippen molar-refractivity contribution in [2.24, 2.45) is 11.0 Å². The Morgan fingerprint density at radius 1 is 0.949 bits per heavy atom. The Hall–Kier alpha value is -4.72. The highest BCUT2D eigenvalue weighted by atomic mass is 19.1. The average Bonchev–Trinajstić information content (AvgIpc) is 2.95. The lowest BCUT2D eigenvalue weighted by Gasteiger charge is -2.20. The third-order valence-electron chi connectivity index (χ3n) is 6.18. The molecule has 0 spiro atoms. The third kappa shape index (κ3) is 6.98. The van der Waals surface area contributed by atoms with Crippen molar-refractivity contribution in [3.05, 3.63) is 107 Å². The fraction of sp³-hybridized carbons (Fsp3) is 0.194. The van der Waals surface area contributed by atoms with Crippen molar-refractivity contribution in [1.82, 2.24) is 10.7 Å². The molecule has 200 valence electrons. The summed E-state index contributed by atoms with van der Waals surface area (Å²) < 4.78 is 24.7. The van der Waals surface area contributed by atoms with E-state index in [-0.39, 0.29) is 11.5 Å². The number of rotatable bonds is 10. The highest BCUT2D eigenvalue weighted by Gasteiger charge is 2.24. The molecule has 2 amide bonds. The Morgan fingerprint density at radius 2 is 1.69 bits per heavy atom. The maximum absolute atomic E-state index is 13.2. The number of ether oxygens (including phenoxy) is 2. The first-order chi connectivity index (χ1) is 18.9. The number of fused-ring (bicyclic) bond motifs is 1. The summed E-state index contributed by atoms with van der Waals surface area (Å²) in [6.45, 7) is 3.99. The van der Waals surface area contributed by atoms with E-state index in [9.17, 15) is 14.0 Å². The maximum Gasteiger partial charge on any atom is 0.262 e. The molecule has 7 nitrogen and oxygen atoms in total. The zero-order valence-corrected chi connectivity index (χ0v) is 22.0. The summed E-state index contributed by atoms with van der Waals surface area (Å²) in [5, 5.41) is 9.01. The average molecular weight is 528 g/mol. The SMILES string of the molecule is COc1cc(/C=N/NC(=O)C(NC(=O)c2ccc(F)cc2)C(C)C)ccc1OCc1cccc2ccccc12. The van der Waals surface area contributed by atoms with Crippen LogP contribution in [0.25, 0.3) is 10.8 Å². The number of carbonyl (C=O) groups excluding carboxylic acids is 2. The molecule has 1 atom stereocenters. The van der Waals surface area contributed by atoms with Crippen molar-refractivity contribution in [3.63, 3.8) is 0 Å². The van der Waals surface area contributed by atoms with Crippen LogP contribution < -0.4 is 20.2 Å². The topological polar surface area (TPSA) is 89.0 Å². The number of hydrogen-bond acceptors (Lipinski definition) is 5. The van der Waals surface area contributed by atoms with Crippen LogP contribution in [-0.2, 0) is 11.4 Å². The van der Waals surface area contributed by atoms with Gasteiger partial charge in [0, 0.05) is 5.56 Å². The van der Waals surface area contributed by atoms with Crippen LogP contribution in [0.1, 0.15) is 35.3 Å². The van der Waals surface area contributed by atoms with Crippen LogP contribution in [0.5, 0.6) is 11.5 Å². The minimum absolute atomic E-state index is 0.206. The Labute approximate surface area is 226 Å². The molecule has 0 fully saturated rings. The molecule has 0 heterocycles. The molecule has 1 unspecified atom stereocenters. The van der Waals surface area contributed by atoms with Crippen LogP contribution in [0.4, 0.5) is 4.39 Å². The summed E-state index contributed by atoms with van der Waals surface area (Å²) in [6, 6.07) is 23.9. The van der Waals surface area contributed by atoms with E-state index in [1.807, 2.05) is 24.3 Å². The molecular weight excluding hydrogens is 497 g/mol. The van der Waals surface area contributed by atoms with Gasteiger partial charge in [-0.05, 0) is 70.3 Å². The van der Waals surface area contributed by atoms with E-state index >= 15 is 0 Å². The van der Waals surface area contributed by atoms with E-state index < -0.39 is 23.7 Å². The van der Waals surface area contributed by atoms with Crippen molar-refractivity contribution in [2.75, 3.05) is 7.11 Å². The van der Waals surface area contributed by atoms with Crippen LogP contribution in [0, 0.1) is 11.7 Å². The number of halogens is 1. The Balaban J connectivity index is 1.38.